The number of ether oxygens (including phenoxy) is 1. The minimum absolute atomic E-state index is 0.399. The van der Waals surface area contributed by atoms with Crippen molar-refractivity contribution >= 4 is 6.09 Å². The maximum atomic E-state index is 11.8. The van der Waals surface area contributed by atoms with Crippen LogP contribution in [0.4, 0.5) is 4.79 Å². The first-order valence-electron chi connectivity index (χ1n) is 7.34. The predicted molar refractivity (Wildman–Crippen MR) is 85.9 cm³/mol. The van der Waals surface area contributed by atoms with E-state index in [2.05, 4.69) is 17.4 Å². The van der Waals surface area contributed by atoms with Crippen molar-refractivity contribution < 1.29 is 9.53 Å². The van der Waals surface area contributed by atoms with Gasteiger partial charge in [-0.05, 0) is 45.6 Å². The number of aryl methyl sites for hydroxylation is 1. The predicted octanol–water partition coefficient (Wildman–Crippen LogP) is 3.38. The van der Waals surface area contributed by atoms with Crippen molar-refractivity contribution in [1.82, 2.24) is 5.32 Å². The number of alkyl carbamates (subject to hydrolysis) is 1. The molecule has 4 nitrogen and oxygen atoms in total. The summed E-state index contributed by atoms with van der Waals surface area (Å²) in [6.45, 7) is 5.92. The maximum Gasteiger partial charge on any atom is 0.411 e. The Bertz CT molecular complexity index is 461. The van der Waals surface area contributed by atoms with E-state index >= 15 is 0 Å². The van der Waals surface area contributed by atoms with Gasteiger partial charge >= 0.3 is 6.09 Å². The third kappa shape index (κ3) is 8.15. The zero-order chi connectivity index (χ0) is 15.7. The van der Waals surface area contributed by atoms with Gasteiger partial charge in [-0.15, -0.1) is 0 Å². The molecule has 1 amide bonds. The van der Waals surface area contributed by atoms with Gasteiger partial charge in [0.25, 0.3) is 0 Å². The number of carbonyl (C=O) groups excluding carboxylic acids is 1. The van der Waals surface area contributed by atoms with Crippen LogP contribution in [0.25, 0.3) is 0 Å². The summed E-state index contributed by atoms with van der Waals surface area (Å²) >= 11 is 0. The fourth-order valence-electron chi connectivity index (χ4n) is 1.92. The third-order valence-electron chi connectivity index (χ3n) is 2.78. The summed E-state index contributed by atoms with van der Waals surface area (Å²) in [5.41, 5.74) is 7.16. The second kappa shape index (κ2) is 8.47. The number of amides is 1. The van der Waals surface area contributed by atoms with Crippen LogP contribution in [0, 0.1) is 0 Å². The van der Waals surface area contributed by atoms with Gasteiger partial charge in [-0.1, -0.05) is 36.4 Å². The van der Waals surface area contributed by atoms with Crippen LogP contribution in [0.15, 0.2) is 42.1 Å². The summed E-state index contributed by atoms with van der Waals surface area (Å²) < 4.78 is 5.25. The minimum atomic E-state index is -0.498. The van der Waals surface area contributed by atoms with E-state index in [-0.39, 0.29) is 0 Å². The van der Waals surface area contributed by atoms with Crippen molar-refractivity contribution in [3.63, 3.8) is 0 Å². The van der Waals surface area contributed by atoms with Crippen LogP contribution in [0.5, 0.6) is 0 Å². The quantitative estimate of drug-likeness (QED) is 0.844. The molecule has 1 aromatic carbocycles. The smallest absolute Gasteiger partial charge is 0.411 e. The number of carbonyl (C=O) groups is 1. The van der Waals surface area contributed by atoms with Crippen molar-refractivity contribution in [2.45, 2.75) is 45.6 Å². The molecule has 3 N–H and O–H groups in total. The minimum Gasteiger partial charge on any atom is -0.444 e. The highest BCUT2D eigenvalue weighted by atomic mass is 16.6. The molecule has 0 aliphatic carbocycles. The van der Waals surface area contributed by atoms with Gasteiger partial charge in [0.15, 0.2) is 0 Å². The Morgan fingerprint density at radius 2 is 1.95 bits per heavy atom. The molecule has 0 bridgehead atoms. The van der Waals surface area contributed by atoms with Gasteiger partial charge in [0.05, 0.1) is 0 Å². The maximum absolute atomic E-state index is 11.8. The molecule has 0 aliphatic rings. The number of allylic oxidation sites excluding steroid dienone is 1. The molecule has 0 atom stereocenters. The molecule has 21 heavy (non-hydrogen) atoms. The van der Waals surface area contributed by atoms with E-state index in [1.807, 2.05) is 45.0 Å². The molecule has 116 valence electrons. The normalized spacial score (nSPS) is 12.1. The second-order valence-electron chi connectivity index (χ2n) is 5.93. The Morgan fingerprint density at radius 1 is 1.29 bits per heavy atom. The molecule has 0 aliphatic heterocycles. The van der Waals surface area contributed by atoms with E-state index < -0.39 is 11.7 Å². The van der Waals surface area contributed by atoms with Crippen LogP contribution < -0.4 is 11.1 Å². The Labute approximate surface area is 127 Å². The molecule has 0 heterocycles. The molecule has 0 fully saturated rings. The zero-order valence-corrected chi connectivity index (χ0v) is 13.2. The molecular formula is C17H26N2O2. The molecule has 0 spiro atoms. The highest BCUT2D eigenvalue weighted by molar-refractivity contribution is 5.69. The summed E-state index contributed by atoms with van der Waals surface area (Å²) in [5.74, 6) is 0. The van der Waals surface area contributed by atoms with Crippen LogP contribution in [0.1, 0.15) is 39.2 Å². The summed E-state index contributed by atoms with van der Waals surface area (Å²) in [4.78, 5) is 11.8. The molecule has 0 aromatic heterocycles. The van der Waals surface area contributed by atoms with Crippen LogP contribution in [-0.4, -0.2) is 18.2 Å². The second-order valence-corrected chi connectivity index (χ2v) is 5.93. The van der Waals surface area contributed by atoms with Crippen LogP contribution in [0.2, 0.25) is 0 Å². The number of nitrogens with one attached hydrogen (secondary N) is 1. The average molecular weight is 290 g/mol. The summed E-state index contributed by atoms with van der Waals surface area (Å²) in [7, 11) is 0. The lowest BCUT2D eigenvalue weighted by atomic mass is 10.1. The van der Waals surface area contributed by atoms with Crippen molar-refractivity contribution in [2.24, 2.45) is 5.73 Å². The average Bonchev–Trinajstić information content (AvgIpc) is 2.38. The van der Waals surface area contributed by atoms with Crippen molar-refractivity contribution in [1.29, 1.82) is 0 Å². The van der Waals surface area contributed by atoms with Crippen molar-refractivity contribution in [3.05, 3.63) is 47.7 Å². The molecule has 4 heteroatoms. The molecular weight excluding hydrogens is 264 g/mol. The Hall–Kier alpha value is -1.81. The van der Waals surface area contributed by atoms with Gasteiger partial charge in [-0.2, -0.15) is 0 Å². The van der Waals surface area contributed by atoms with Crippen LogP contribution in [-0.2, 0) is 11.2 Å². The Kier molecular flexibility index (Phi) is 6.96. The number of benzene rings is 1. The van der Waals surface area contributed by atoms with E-state index in [9.17, 15) is 4.79 Å². The Balaban J connectivity index is 2.43. The summed E-state index contributed by atoms with van der Waals surface area (Å²) in [6.07, 6.45) is 4.09. The fourth-order valence-corrected chi connectivity index (χ4v) is 1.92. The zero-order valence-electron chi connectivity index (χ0n) is 13.2. The monoisotopic (exact) mass is 290 g/mol. The topological polar surface area (TPSA) is 64.3 Å². The molecule has 1 rings (SSSR count). The Morgan fingerprint density at radius 3 is 2.52 bits per heavy atom. The van der Waals surface area contributed by atoms with E-state index in [0.717, 1.165) is 25.0 Å². The summed E-state index contributed by atoms with van der Waals surface area (Å²) in [5, 5.41) is 2.78. The SMILES string of the molecule is CC(C)(C)OC(=O)N/C(=C/CN)CCCc1ccccc1. The van der Waals surface area contributed by atoms with E-state index in [1.54, 1.807) is 0 Å². The molecule has 0 saturated heterocycles. The van der Waals surface area contributed by atoms with Crippen LogP contribution in [0.3, 0.4) is 0 Å². The molecule has 0 radical (unpaired) electrons. The van der Waals surface area contributed by atoms with Gasteiger partial charge in [-0.25, -0.2) is 4.79 Å². The largest absolute Gasteiger partial charge is 0.444 e. The lowest BCUT2D eigenvalue weighted by Gasteiger charge is -2.20. The first kappa shape index (κ1) is 17.2. The van der Waals surface area contributed by atoms with Gasteiger partial charge < -0.3 is 10.5 Å². The molecule has 0 saturated carbocycles. The highest BCUT2D eigenvalue weighted by Crippen LogP contribution is 2.11. The van der Waals surface area contributed by atoms with Gasteiger partial charge in [-0.3, -0.25) is 5.32 Å². The van der Waals surface area contributed by atoms with Crippen LogP contribution >= 0.6 is 0 Å². The fraction of sp³-hybridized carbons (Fsp3) is 0.471. The third-order valence-corrected chi connectivity index (χ3v) is 2.78. The first-order valence-corrected chi connectivity index (χ1v) is 7.34. The van der Waals surface area contributed by atoms with Crippen molar-refractivity contribution in [2.75, 3.05) is 6.54 Å². The van der Waals surface area contributed by atoms with E-state index in [4.69, 9.17) is 10.5 Å². The van der Waals surface area contributed by atoms with E-state index in [0.29, 0.717) is 6.54 Å². The molecule has 1 aromatic rings. The van der Waals surface area contributed by atoms with Gasteiger partial charge in [0.2, 0.25) is 0 Å². The lowest BCUT2D eigenvalue weighted by molar-refractivity contribution is 0.0544. The summed E-state index contributed by atoms with van der Waals surface area (Å²) in [6, 6.07) is 10.3. The standard InChI is InChI=1S/C17H26N2O2/c1-17(2,3)21-16(20)19-15(12-13-18)11-7-10-14-8-5-4-6-9-14/h4-6,8-9,12H,7,10-11,13,18H2,1-3H3,(H,19,20)/b15-12+. The number of rotatable bonds is 6. The number of hydrogen-bond acceptors (Lipinski definition) is 3. The first-order chi connectivity index (χ1) is 9.90. The number of nitrogens with two attached hydrogens (primary N) is 1. The van der Waals surface area contributed by atoms with Crippen molar-refractivity contribution in [3.8, 4) is 0 Å². The highest BCUT2D eigenvalue weighted by Gasteiger charge is 2.16. The lowest BCUT2D eigenvalue weighted by Crippen LogP contribution is -2.32. The van der Waals surface area contributed by atoms with Gasteiger partial charge in [0, 0.05) is 12.2 Å². The van der Waals surface area contributed by atoms with Gasteiger partial charge in [0.1, 0.15) is 5.60 Å². The van der Waals surface area contributed by atoms with E-state index in [1.165, 1.54) is 5.56 Å². The molecule has 0 unspecified atom stereocenters. The number of hydrogen-bond donors (Lipinski definition) is 2.